The van der Waals surface area contributed by atoms with Crippen LogP contribution in [-0.2, 0) is 9.59 Å². The first-order chi connectivity index (χ1) is 17.8. The van der Waals surface area contributed by atoms with Crippen molar-refractivity contribution in [1.82, 2.24) is 5.01 Å². The molecule has 11 heteroatoms. The summed E-state index contributed by atoms with van der Waals surface area (Å²) in [4.78, 5) is 38.5. The van der Waals surface area contributed by atoms with Crippen LogP contribution in [0.2, 0.25) is 5.02 Å². The highest BCUT2D eigenvalue weighted by Crippen LogP contribution is 2.39. The quantitative estimate of drug-likeness (QED) is 0.215. The van der Waals surface area contributed by atoms with Crippen molar-refractivity contribution >= 4 is 40.5 Å². The standard InChI is InChI=1S/C26H20ClFN4O5/c27-19-7-4-8-20(28)22(19)24(33)21-14-13-18-23(26(35)30(25(18)34)16-5-2-1-3-6-16)31(21)29-15-9-11-17(12-10-15)32(36)37/h1-14,18,21,23-24,29,33H. The van der Waals surface area contributed by atoms with Crippen LogP contribution in [0, 0.1) is 21.8 Å². The Hall–Kier alpha value is -4.12. The number of hydrazine groups is 1. The molecule has 0 saturated carbocycles. The van der Waals surface area contributed by atoms with Crippen molar-refractivity contribution in [3.8, 4) is 0 Å². The zero-order valence-corrected chi connectivity index (χ0v) is 19.8. The number of non-ortho nitro benzene ring substituents is 1. The lowest BCUT2D eigenvalue weighted by molar-refractivity contribution is -0.384. The summed E-state index contributed by atoms with van der Waals surface area (Å²) in [7, 11) is 0. The normalized spacial score (nSPS) is 22.1. The molecule has 3 aromatic carbocycles. The maximum absolute atomic E-state index is 14.7. The number of hydrogen-bond donors (Lipinski definition) is 2. The van der Waals surface area contributed by atoms with E-state index in [0.29, 0.717) is 11.4 Å². The molecule has 0 spiro atoms. The average molecular weight is 523 g/mol. The SMILES string of the molecule is O=C1C2C=CC(C(O)c3c(F)cccc3Cl)N(Nc3ccc([N+](=O)[O-])cc3)C2C(=O)N1c1ccccc1. The van der Waals surface area contributed by atoms with E-state index in [4.69, 9.17) is 11.6 Å². The van der Waals surface area contributed by atoms with Crippen molar-refractivity contribution < 1.29 is 24.0 Å². The van der Waals surface area contributed by atoms with E-state index in [1.807, 2.05) is 0 Å². The number of aliphatic hydroxyl groups is 1. The monoisotopic (exact) mass is 522 g/mol. The van der Waals surface area contributed by atoms with E-state index in [1.54, 1.807) is 30.3 Å². The largest absolute Gasteiger partial charge is 0.386 e. The lowest BCUT2D eigenvalue weighted by Gasteiger charge is -2.40. The number of aliphatic hydroxyl groups excluding tert-OH is 1. The van der Waals surface area contributed by atoms with Gasteiger partial charge in [0.25, 0.3) is 11.6 Å². The summed E-state index contributed by atoms with van der Waals surface area (Å²) in [5.74, 6) is -2.62. The first-order valence-electron chi connectivity index (χ1n) is 11.3. The minimum Gasteiger partial charge on any atom is -0.386 e. The Bertz CT molecular complexity index is 1380. The molecule has 2 heterocycles. The second kappa shape index (κ2) is 9.74. The highest BCUT2D eigenvalue weighted by molar-refractivity contribution is 6.31. The predicted octanol–water partition coefficient (Wildman–Crippen LogP) is 4.25. The third-order valence-electron chi connectivity index (χ3n) is 6.43. The molecule has 37 heavy (non-hydrogen) atoms. The maximum atomic E-state index is 14.7. The van der Waals surface area contributed by atoms with Crippen LogP contribution in [0.25, 0.3) is 0 Å². The minimum absolute atomic E-state index is 0.00181. The number of fused-ring (bicyclic) bond motifs is 1. The van der Waals surface area contributed by atoms with Gasteiger partial charge >= 0.3 is 0 Å². The van der Waals surface area contributed by atoms with Crippen molar-refractivity contribution in [3.05, 3.63) is 111 Å². The van der Waals surface area contributed by atoms with Gasteiger partial charge in [-0.3, -0.25) is 19.7 Å². The number of nitrogens with zero attached hydrogens (tertiary/aromatic N) is 3. The molecular formula is C26H20ClFN4O5. The number of anilines is 2. The summed E-state index contributed by atoms with van der Waals surface area (Å²) >= 11 is 6.21. The Morgan fingerprint density at radius 3 is 2.32 bits per heavy atom. The van der Waals surface area contributed by atoms with E-state index >= 15 is 0 Å². The summed E-state index contributed by atoms with van der Waals surface area (Å²) in [6.45, 7) is 0. The van der Waals surface area contributed by atoms with E-state index < -0.39 is 46.7 Å². The molecule has 3 aromatic rings. The zero-order chi connectivity index (χ0) is 26.3. The Labute approximate surface area is 215 Å². The molecule has 2 aliphatic rings. The van der Waals surface area contributed by atoms with Gasteiger partial charge in [0.1, 0.15) is 18.0 Å². The molecule has 5 rings (SSSR count). The third-order valence-corrected chi connectivity index (χ3v) is 6.75. The summed E-state index contributed by atoms with van der Waals surface area (Å²) in [5.41, 5.74) is 3.46. The fraction of sp³-hybridized carbons (Fsp3) is 0.154. The maximum Gasteiger partial charge on any atom is 0.269 e. The molecule has 0 bridgehead atoms. The fourth-order valence-corrected chi connectivity index (χ4v) is 4.95. The van der Waals surface area contributed by atoms with Gasteiger partial charge in [0, 0.05) is 28.4 Å². The van der Waals surface area contributed by atoms with Crippen LogP contribution in [-0.4, -0.2) is 38.9 Å². The summed E-state index contributed by atoms with van der Waals surface area (Å²) < 4.78 is 14.7. The molecule has 2 N–H and O–H groups in total. The molecule has 4 unspecified atom stereocenters. The third kappa shape index (κ3) is 4.35. The summed E-state index contributed by atoms with van der Waals surface area (Å²) in [6, 6.07) is 15.7. The highest BCUT2D eigenvalue weighted by Gasteiger charge is 2.54. The van der Waals surface area contributed by atoms with Crippen LogP contribution < -0.4 is 10.3 Å². The van der Waals surface area contributed by atoms with Crippen molar-refractivity contribution in [2.75, 3.05) is 10.3 Å². The Kier molecular flexibility index (Phi) is 6.46. The molecule has 0 aromatic heterocycles. The second-order valence-corrected chi connectivity index (χ2v) is 9.00. The number of benzene rings is 3. The van der Waals surface area contributed by atoms with Gasteiger partial charge in [0.05, 0.1) is 22.6 Å². The van der Waals surface area contributed by atoms with Gasteiger partial charge in [-0.15, -0.1) is 0 Å². The van der Waals surface area contributed by atoms with Gasteiger partial charge in [-0.05, 0) is 36.4 Å². The van der Waals surface area contributed by atoms with Crippen molar-refractivity contribution in [2.24, 2.45) is 5.92 Å². The number of nitro groups is 1. The molecular weight excluding hydrogens is 503 g/mol. The van der Waals surface area contributed by atoms with Crippen molar-refractivity contribution in [3.63, 3.8) is 0 Å². The lowest BCUT2D eigenvalue weighted by atomic mass is 9.90. The smallest absolute Gasteiger partial charge is 0.269 e. The number of amides is 2. The summed E-state index contributed by atoms with van der Waals surface area (Å²) in [5, 5.41) is 23.7. The molecule has 1 fully saturated rings. The number of nitrogens with one attached hydrogen (secondary N) is 1. The number of carbonyl (C=O) groups excluding carboxylic acids is 2. The van der Waals surface area contributed by atoms with Gasteiger partial charge in [-0.2, -0.15) is 0 Å². The van der Waals surface area contributed by atoms with Crippen molar-refractivity contribution in [1.29, 1.82) is 0 Å². The number of halogens is 2. The van der Waals surface area contributed by atoms with Crippen LogP contribution in [0.15, 0.2) is 84.9 Å². The van der Waals surface area contributed by atoms with E-state index in [0.717, 1.165) is 11.0 Å². The topological polar surface area (TPSA) is 116 Å². The number of para-hydroxylation sites is 1. The number of hydrogen-bond acceptors (Lipinski definition) is 7. The Morgan fingerprint density at radius 2 is 1.68 bits per heavy atom. The predicted molar refractivity (Wildman–Crippen MR) is 134 cm³/mol. The number of imide groups is 1. The Balaban J connectivity index is 1.56. The van der Waals surface area contributed by atoms with E-state index in [1.165, 1.54) is 53.6 Å². The molecule has 4 atom stereocenters. The van der Waals surface area contributed by atoms with Crippen LogP contribution in [0.5, 0.6) is 0 Å². The number of carbonyl (C=O) groups is 2. The fourth-order valence-electron chi connectivity index (χ4n) is 4.67. The first-order valence-corrected chi connectivity index (χ1v) is 11.7. The van der Waals surface area contributed by atoms with Gasteiger partial charge in [0.2, 0.25) is 5.91 Å². The highest BCUT2D eigenvalue weighted by atomic mass is 35.5. The van der Waals surface area contributed by atoms with E-state index in [-0.39, 0.29) is 16.3 Å². The van der Waals surface area contributed by atoms with Crippen LogP contribution in [0.3, 0.4) is 0 Å². The van der Waals surface area contributed by atoms with Gasteiger partial charge in [-0.1, -0.05) is 48.0 Å². The van der Waals surface area contributed by atoms with E-state index in [9.17, 15) is 29.2 Å². The zero-order valence-electron chi connectivity index (χ0n) is 19.1. The average Bonchev–Trinajstić information content (AvgIpc) is 3.14. The Morgan fingerprint density at radius 1 is 0.973 bits per heavy atom. The molecule has 1 saturated heterocycles. The second-order valence-electron chi connectivity index (χ2n) is 8.60. The molecule has 2 aliphatic heterocycles. The first kappa shape index (κ1) is 24.6. The van der Waals surface area contributed by atoms with Crippen LogP contribution >= 0.6 is 11.6 Å². The molecule has 9 nitrogen and oxygen atoms in total. The van der Waals surface area contributed by atoms with E-state index in [2.05, 4.69) is 5.43 Å². The molecule has 0 aliphatic carbocycles. The number of rotatable bonds is 6. The van der Waals surface area contributed by atoms with Gasteiger partial charge in [-0.25, -0.2) is 14.3 Å². The molecule has 2 amide bonds. The van der Waals surface area contributed by atoms with Crippen LogP contribution in [0.4, 0.5) is 21.5 Å². The number of nitro benzene ring substituents is 1. The minimum atomic E-state index is -1.52. The van der Waals surface area contributed by atoms with Crippen molar-refractivity contribution in [2.45, 2.75) is 18.2 Å². The molecule has 0 radical (unpaired) electrons. The van der Waals surface area contributed by atoms with Gasteiger partial charge in [0.15, 0.2) is 0 Å². The van der Waals surface area contributed by atoms with Gasteiger partial charge < -0.3 is 10.5 Å². The molecule has 188 valence electrons. The van der Waals surface area contributed by atoms with Crippen LogP contribution in [0.1, 0.15) is 11.7 Å². The lowest BCUT2D eigenvalue weighted by Crippen LogP contribution is -2.55. The summed E-state index contributed by atoms with van der Waals surface area (Å²) in [6.07, 6.45) is 1.53.